The molecule has 1 aromatic rings. The van der Waals surface area contributed by atoms with Crippen LogP contribution in [0.1, 0.15) is 18.4 Å². The second-order valence-corrected chi connectivity index (χ2v) is 5.52. The van der Waals surface area contributed by atoms with Gasteiger partial charge in [0.2, 0.25) is 11.9 Å². The lowest BCUT2D eigenvalue weighted by molar-refractivity contribution is -0.124. The number of carbonyl (C=O) groups excluding carboxylic acids is 1. The van der Waals surface area contributed by atoms with Gasteiger partial charge in [0.1, 0.15) is 11.9 Å². The molecule has 1 saturated heterocycles. The monoisotopic (exact) mass is 291 g/mol. The number of amides is 1. The van der Waals surface area contributed by atoms with Crippen LogP contribution in [0.4, 0.5) is 11.8 Å². The van der Waals surface area contributed by atoms with Crippen molar-refractivity contribution >= 4 is 17.7 Å². The lowest BCUT2D eigenvalue weighted by Gasteiger charge is -2.36. The SMILES string of the molecule is CNc1ncc(C)c(N2CCOCC2C(=O)NC2CC2)n1. The van der Waals surface area contributed by atoms with Crippen LogP contribution in [0, 0.1) is 6.92 Å². The molecule has 1 aromatic heterocycles. The van der Waals surface area contributed by atoms with Gasteiger partial charge in [-0.2, -0.15) is 4.98 Å². The Balaban J connectivity index is 1.84. The molecule has 0 bridgehead atoms. The Morgan fingerprint density at radius 1 is 1.48 bits per heavy atom. The van der Waals surface area contributed by atoms with Gasteiger partial charge in [-0.1, -0.05) is 0 Å². The molecule has 1 amide bonds. The molecule has 1 aliphatic carbocycles. The summed E-state index contributed by atoms with van der Waals surface area (Å²) >= 11 is 0. The molecule has 1 aliphatic heterocycles. The van der Waals surface area contributed by atoms with Crippen molar-refractivity contribution in [2.75, 3.05) is 37.0 Å². The molecule has 1 atom stereocenters. The van der Waals surface area contributed by atoms with Crippen LogP contribution in [0.3, 0.4) is 0 Å². The fourth-order valence-corrected chi connectivity index (χ4v) is 2.44. The van der Waals surface area contributed by atoms with E-state index in [1.165, 1.54) is 0 Å². The van der Waals surface area contributed by atoms with Crippen molar-refractivity contribution in [3.05, 3.63) is 11.8 Å². The number of aryl methyl sites for hydroxylation is 1. The smallest absolute Gasteiger partial charge is 0.245 e. The quantitative estimate of drug-likeness (QED) is 0.831. The van der Waals surface area contributed by atoms with Crippen LogP contribution in [0.25, 0.3) is 0 Å². The van der Waals surface area contributed by atoms with Gasteiger partial charge in [-0.25, -0.2) is 4.98 Å². The van der Waals surface area contributed by atoms with Crippen molar-refractivity contribution in [3.63, 3.8) is 0 Å². The molecule has 2 aliphatic rings. The number of rotatable bonds is 4. The van der Waals surface area contributed by atoms with Crippen LogP contribution in [0.2, 0.25) is 0 Å². The number of aromatic nitrogens is 2. The average Bonchev–Trinajstić information content (AvgIpc) is 3.32. The molecular formula is C14H21N5O2. The Hall–Kier alpha value is -1.89. The lowest BCUT2D eigenvalue weighted by atomic mass is 10.2. The van der Waals surface area contributed by atoms with Crippen molar-refractivity contribution < 1.29 is 9.53 Å². The standard InChI is InChI=1S/C14H21N5O2/c1-9-7-16-14(15-2)18-12(9)19-5-6-21-8-11(19)13(20)17-10-3-4-10/h7,10-11H,3-6,8H2,1-2H3,(H,17,20)(H,15,16,18). The topological polar surface area (TPSA) is 79.4 Å². The van der Waals surface area contributed by atoms with E-state index in [2.05, 4.69) is 20.6 Å². The Morgan fingerprint density at radius 2 is 2.29 bits per heavy atom. The average molecular weight is 291 g/mol. The van der Waals surface area contributed by atoms with E-state index < -0.39 is 0 Å². The van der Waals surface area contributed by atoms with E-state index in [1.807, 2.05) is 11.8 Å². The Labute approximate surface area is 124 Å². The normalized spacial score (nSPS) is 22.0. The summed E-state index contributed by atoms with van der Waals surface area (Å²) in [4.78, 5) is 23.1. The number of ether oxygens (including phenoxy) is 1. The number of nitrogens with one attached hydrogen (secondary N) is 2. The number of anilines is 2. The molecule has 2 fully saturated rings. The highest BCUT2D eigenvalue weighted by atomic mass is 16.5. The van der Waals surface area contributed by atoms with E-state index in [1.54, 1.807) is 13.2 Å². The molecule has 0 radical (unpaired) electrons. The van der Waals surface area contributed by atoms with Gasteiger partial charge in [0.15, 0.2) is 0 Å². The van der Waals surface area contributed by atoms with Crippen molar-refractivity contribution in [2.45, 2.75) is 31.8 Å². The number of carbonyl (C=O) groups is 1. The predicted molar refractivity (Wildman–Crippen MR) is 79.4 cm³/mol. The maximum Gasteiger partial charge on any atom is 0.245 e. The minimum absolute atomic E-state index is 0.0289. The zero-order chi connectivity index (χ0) is 14.8. The summed E-state index contributed by atoms with van der Waals surface area (Å²) in [5, 5.41) is 5.99. The third kappa shape index (κ3) is 3.07. The van der Waals surface area contributed by atoms with Crippen molar-refractivity contribution in [3.8, 4) is 0 Å². The molecule has 1 unspecified atom stereocenters. The third-order valence-electron chi connectivity index (χ3n) is 3.80. The highest BCUT2D eigenvalue weighted by Gasteiger charge is 2.34. The highest BCUT2D eigenvalue weighted by molar-refractivity contribution is 5.86. The highest BCUT2D eigenvalue weighted by Crippen LogP contribution is 2.24. The molecule has 7 nitrogen and oxygen atoms in total. The predicted octanol–water partition coefficient (Wildman–Crippen LogP) is 0.311. The van der Waals surface area contributed by atoms with Crippen LogP contribution in [-0.2, 0) is 9.53 Å². The Morgan fingerprint density at radius 3 is 3.00 bits per heavy atom. The fraction of sp³-hybridized carbons (Fsp3) is 0.643. The number of hydrogen-bond donors (Lipinski definition) is 2. The second kappa shape index (κ2) is 5.85. The summed E-state index contributed by atoms with van der Waals surface area (Å²) < 4.78 is 5.49. The first kappa shape index (κ1) is 14.1. The van der Waals surface area contributed by atoms with E-state index in [0.29, 0.717) is 31.7 Å². The maximum atomic E-state index is 12.4. The van der Waals surface area contributed by atoms with Crippen LogP contribution < -0.4 is 15.5 Å². The van der Waals surface area contributed by atoms with Crippen LogP contribution in [0.15, 0.2) is 6.20 Å². The molecule has 2 N–H and O–H groups in total. The van der Waals surface area contributed by atoms with E-state index in [-0.39, 0.29) is 11.9 Å². The van der Waals surface area contributed by atoms with Crippen LogP contribution >= 0.6 is 0 Å². The van der Waals surface area contributed by atoms with Crippen LogP contribution in [0.5, 0.6) is 0 Å². The first-order valence-electron chi connectivity index (χ1n) is 7.35. The summed E-state index contributed by atoms with van der Waals surface area (Å²) in [6.45, 7) is 3.62. The van der Waals surface area contributed by atoms with Gasteiger partial charge < -0.3 is 20.3 Å². The van der Waals surface area contributed by atoms with Gasteiger partial charge in [-0.15, -0.1) is 0 Å². The van der Waals surface area contributed by atoms with Gasteiger partial charge in [-0.05, 0) is 19.8 Å². The molecule has 114 valence electrons. The lowest BCUT2D eigenvalue weighted by Crippen LogP contribution is -2.55. The molecule has 0 spiro atoms. The summed E-state index contributed by atoms with van der Waals surface area (Å²) in [6.07, 6.45) is 3.94. The third-order valence-corrected chi connectivity index (χ3v) is 3.80. The molecule has 7 heteroatoms. The molecule has 0 aromatic carbocycles. The van der Waals surface area contributed by atoms with Crippen molar-refractivity contribution in [1.82, 2.24) is 15.3 Å². The maximum absolute atomic E-state index is 12.4. The van der Waals surface area contributed by atoms with Gasteiger partial charge in [0.25, 0.3) is 0 Å². The number of hydrogen-bond acceptors (Lipinski definition) is 6. The molecule has 1 saturated carbocycles. The van der Waals surface area contributed by atoms with E-state index in [4.69, 9.17) is 4.74 Å². The van der Waals surface area contributed by atoms with Gasteiger partial charge >= 0.3 is 0 Å². The Kier molecular flexibility index (Phi) is 3.92. The number of morpholine rings is 1. The van der Waals surface area contributed by atoms with Gasteiger partial charge in [0, 0.05) is 31.4 Å². The number of nitrogens with zero attached hydrogens (tertiary/aromatic N) is 3. The molecule has 2 heterocycles. The fourth-order valence-electron chi connectivity index (χ4n) is 2.44. The molecule has 3 rings (SSSR count). The van der Waals surface area contributed by atoms with Crippen molar-refractivity contribution in [2.24, 2.45) is 0 Å². The van der Waals surface area contributed by atoms with E-state index in [9.17, 15) is 4.79 Å². The molecular weight excluding hydrogens is 270 g/mol. The Bertz CT molecular complexity index is 532. The summed E-state index contributed by atoms with van der Waals surface area (Å²) in [5.74, 6) is 1.39. The van der Waals surface area contributed by atoms with Gasteiger partial charge in [0.05, 0.1) is 13.2 Å². The van der Waals surface area contributed by atoms with Crippen LogP contribution in [-0.4, -0.2) is 54.8 Å². The first-order valence-corrected chi connectivity index (χ1v) is 7.35. The summed E-state index contributed by atoms with van der Waals surface area (Å²) in [7, 11) is 1.78. The molecule has 21 heavy (non-hydrogen) atoms. The van der Waals surface area contributed by atoms with Crippen molar-refractivity contribution in [1.29, 1.82) is 0 Å². The zero-order valence-electron chi connectivity index (χ0n) is 12.4. The second-order valence-electron chi connectivity index (χ2n) is 5.52. The zero-order valence-corrected chi connectivity index (χ0v) is 12.4. The summed E-state index contributed by atoms with van der Waals surface area (Å²) in [6, 6.07) is 0.0262. The van der Waals surface area contributed by atoms with E-state index >= 15 is 0 Å². The van der Waals surface area contributed by atoms with E-state index in [0.717, 1.165) is 24.2 Å². The van der Waals surface area contributed by atoms with Gasteiger partial charge in [-0.3, -0.25) is 4.79 Å². The minimum atomic E-state index is -0.322. The largest absolute Gasteiger partial charge is 0.377 e. The first-order chi connectivity index (χ1) is 10.2. The summed E-state index contributed by atoms with van der Waals surface area (Å²) in [5.41, 5.74) is 0.958. The minimum Gasteiger partial charge on any atom is -0.377 e.